The Kier molecular flexibility index (Phi) is 5.90. The van der Waals surface area contributed by atoms with Crippen molar-refractivity contribution in [1.29, 1.82) is 0 Å². The van der Waals surface area contributed by atoms with E-state index in [0.29, 0.717) is 12.0 Å². The molecule has 1 aliphatic heterocycles. The van der Waals surface area contributed by atoms with Crippen LogP contribution in [0.3, 0.4) is 0 Å². The van der Waals surface area contributed by atoms with Gasteiger partial charge in [-0.2, -0.15) is 0 Å². The fraction of sp³-hybridized carbons (Fsp3) is 0.478. The third-order valence-corrected chi connectivity index (χ3v) is 7.02. The first-order valence-corrected chi connectivity index (χ1v) is 11.3. The molecule has 0 saturated heterocycles. The number of nitrogens with one attached hydrogen (secondary N) is 1. The average Bonchev–Trinajstić information content (AvgIpc) is 2.68. The molecule has 28 heavy (non-hydrogen) atoms. The molecule has 0 amide bonds. The van der Waals surface area contributed by atoms with Gasteiger partial charge in [-0.05, 0) is 79.7 Å². The molecule has 1 saturated carbocycles. The van der Waals surface area contributed by atoms with Gasteiger partial charge in [0.2, 0.25) is 0 Å². The molecule has 1 aromatic carbocycles. The molecule has 3 aliphatic rings. The van der Waals surface area contributed by atoms with Gasteiger partial charge < -0.3 is 10.1 Å². The molecule has 4 rings (SSSR count). The maximum atomic E-state index is 13.3. The van der Waals surface area contributed by atoms with Crippen molar-refractivity contribution >= 4 is 34.3 Å². The predicted molar refractivity (Wildman–Crippen MR) is 117 cm³/mol. The first-order valence-electron chi connectivity index (χ1n) is 10.3. The van der Waals surface area contributed by atoms with Gasteiger partial charge in [0.25, 0.3) is 0 Å². The van der Waals surface area contributed by atoms with E-state index < -0.39 is 0 Å². The van der Waals surface area contributed by atoms with Gasteiger partial charge >= 0.3 is 5.97 Å². The molecule has 0 radical (unpaired) electrons. The summed E-state index contributed by atoms with van der Waals surface area (Å²) in [4.78, 5) is 26.2. The Morgan fingerprint density at radius 2 is 1.86 bits per heavy atom. The Morgan fingerprint density at radius 1 is 1.11 bits per heavy atom. The van der Waals surface area contributed by atoms with Crippen LogP contribution < -0.4 is 5.32 Å². The number of Topliss-reactive ketones (excluding diaryl/α,β-unsaturated/α-hetero) is 1. The van der Waals surface area contributed by atoms with Crippen molar-refractivity contribution in [2.75, 3.05) is 0 Å². The van der Waals surface area contributed by atoms with Crippen LogP contribution in [0.5, 0.6) is 0 Å². The van der Waals surface area contributed by atoms with Gasteiger partial charge in [0.05, 0.1) is 5.57 Å². The van der Waals surface area contributed by atoms with E-state index in [4.69, 9.17) is 4.74 Å². The number of ketones is 1. The number of rotatable bonds is 3. The molecule has 0 aromatic heterocycles. The highest BCUT2D eigenvalue weighted by atomic mass is 127. The minimum absolute atomic E-state index is 0.00511. The zero-order valence-electron chi connectivity index (χ0n) is 16.2. The van der Waals surface area contributed by atoms with Gasteiger partial charge in [0.1, 0.15) is 6.10 Å². The molecule has 148 valence electrons. The lowest BCUT2D eigenvalue weighted by molar-refractivity contribution is -0.146. The number of carbonyl (C=O) groups excluding carboxylic acids is 2. The van der Waals surface area contributed by atoms with Crippen molar-refractivity contribution < 1.29 is 14.3 Å². The Bertz CT molecular complexity index is 864. The highest BCUT2D eigenvalue weighted by Gasteiger charge is 2.40. The number of halogens is 1. The molecule has 1 atom stereocenters. The fourth-order valence-corrected chi connectivity index (χ4v) is 5.37. The van der Waals surface area contributed by atoms with Gasteiger partial charge in [-0.15, -0.1) is 0 Å². The van der Waals surface area contributed by atoms with Crippen LogP contribution in [-0.4, -0.2) is 17.9 Å². The summed E-state index contributed by atoms with van der Waals surface area (Å²) in [6, 6.07) is 8.03. The van der Waals surface area contributed by atoms with Crippen molar-refractivity contribution in [3.8, 4) is 0 Å². The molecular formula is C23H26INO3. The van der Waals surface area contributed by atoms with Crippen LogP contribution in [0.4, 0.5) is 0 Å². The Balaban J connectivity index is 1.75. The molecule has 1 heterocycles. The van der Waals surface area contributed by atoms with Crippen LogP contribution in [0, 0.1) is 3.57 Å². The number of allylic oxidation sites excluding steroid dienone is 3. The van der Waals surface area contributed by atoms with Crippen LogP contribution in [0.2, 0.25) is 0 Å². The van der Waals surface area contributed by atoms with Gasteiger partial charge in [-0.25, -0.2) is 4.79 Å². The summed E-state index contributed by atoms with van der Waals surface area (Å²) in [5, 5.41) is 3.37. The first kappa shape index (κ1) is 19.7. The van der Waals surface area contributed by atoms with E-state index in [0.717, 1.165) is 64.6 Å². The van der Waals surface area contributed by atoms with E-state index in [1.54, 1.807) is 0 Å². The predicted octanol–water partition coefficient (Wildman–Crippen LogP) is 5.14. The highest BCUT2D eigenvalue weighted by Crippen LogP contribution is 2.44. The smallest absolute Gasteiger partial charge is 0.337 e. The second-order valence-corrected chi connectivity index (χ2v) is 9.11. The summed E-state index contributed by atoms with van der Waals surface area (Å²) < 4.78 is 7.00. The summed E-state index contributed by atoms with van der Waals surface area (Å²) in [5.74, 6) is -0.464. The van der Waals surface area contributed by atoms with Crippen molar-refractivity contribution in [3.63, 3.8) is 0 Å². The fourth-order valence-electron chi connectivity index (χ4n) is 4.67. The summed E-state index contributed by atoms with van der Waals surface area (Å²) in [6.07, 6.45) is 7.57. The molecular weight excluding hydrogens is 465 g/mol. The van der Waals surface area contributed by atoms with Crippen LogP contribution in [0.1, 0.15) is 69.8 Å². The number of dihydropyridines is 1. The Labute approximate surface area is 179 Å². The maximum Gasteiger partial charge on any atom is 0.337 e. The third kappa shape index (κ3) is 3.78. The van der Waals surface area contributed by atoms with Gasteiger partial charge in [-0.3, -0.25) is 4.79 Å². The lowest BCUT2D eigenvalue weighted by Crippen LogP contribution is -2.35. The summed E-state index contributed by atoms with van der Waals surface area (Å²) in [6.45, 7) is 1.93. The van der Waals surface area contributed by atoms with E-state index in [2.05, 4.69) is 27.9 Å². The van der Waals surface area contributed by atoms with Gasteiger partial charge in [0.15, 0.2) is 5.78 Å². The largest absolute Gasteiger partial charge is 0.459 e. The monoisotopic (exact) mass is 491 g/mol. The highest BCUT2D eigenvalue weighted by molar-refractivity contribution is 14.1. The van der Waals surface area contributed by atoms with Gasteiger partial charge in [0, 0.05) is 32.9 Å². The zero-order valence-corrected chi connectivity index (χ0v) is 18.4. The lowest BCUT2D eigenvalue weighted by Gasteiger charge is -2.35. The van der Waals surface area contributed by atoms with Crippen LogP contribution in [0.25, 0.3) is 0 Å². The minimum Gasteiger partial charge on any atom is -0.459 e. The summed E-state index contributed by atoms with van der Waals surface area (Å²) >= 11 is 2.30. The standard InChI is InChI=1S/C23H26INO3/c1-14-20(23(27)28-15-8-3-2-4-9-15)21(16-10-5-6-11-17(16)24)22-18(25-14)12-7-13-19(22)26/h5-6,10-11,15,21,25H,2-4,7-9,12-13H2,1H3/t21-/m1/s1. The minimum atomic E-state index is -0.340. The van der Waals surface area contributed by atoms with Crippen LogP contribution >= 0.6 is 22.6 Å². The second kappa shape index (κ2) is 8.39. The van der Waals surface area contributed by atoms with E-state index in [1.807, 2.05) is 31.2 Å². The molecule has 0 spiro atoms. The van der Waals surface area contributed by atoms with Crippen molar-refractivity contribution in [1.82, 2.24) is 5.32 Å². The Morgan fingerprint density at radius 3 is 2.61 bits per heavy atom. The number of carbonyl (C=O) groups is 2. The molecule has 1 aromatic rings. The maximum absolute atomic E-state index is 13.3. The van der Waals surface area contributed by atoms with Crippen LogP contribution in [0.15, 0.2) is 46.8 Å². The summed E-state index contributed by atoms with van der Waals surface area (Å²) in [5.41, 5.74) is 4.18. The first-order chi connectivity index (χ1) is 13.6. The quantitative estimate of drug-likeness (QED) is 0.471. The molecule has 5 heteroatoms. The number of esters is 1. The van der Waals surface area contributed by atoms with Crippen molar-refractivity contribution in [2.24, 2.45) is 0 Å². The average molecular weight is 491 g/mol. The van der Waals surface area contributed by atoms with Crippen molar-refractivity contribution in [3.05, 3.63) is 55.9 Å². The number of ether oxygens (including phenoxy) is 1. The molecule has 1 fully saturated rings. The van der Waals surface area contributed by atoms with E-state index in [9.17, 15) is 9.59 Å². The third-order valence-electron chi connectivity index (χ3n) is 6.04. The number of hydrogen-bond acceptors (Lipinski definition) is 4. The molecule has 0 bridgehead atoms. The Hall–Kier alpha value is -1.63. The zero-order chi connectivity index (χ0) is 19.7. The lowest BCUT2D eigenvalue weighted by atomic mass is 9.75. The normalized spacial score (nSPS) is 23.4. The molecule has 1 N–H and O–H groups in total. The molecule has 0 unspecified atom stereocenters. The molecule has 4 nitrogen and oxygen atoms in total. The van der Waals surface area contributed by atoms with E-state index in [1.165, 1.54) is 6.42 Å². The van der Waals surface area contributed by atoms with E-state index >= 15 is 0 Å². The second-order valence-electron chi connectivity index (χ2n) is 7.95. The SMILES string of the molecule is CC1=C(C(=O)OC2CCCCC2)[C@@H](c2ccccc2I)C2=C(CCCC2=O)N1. The number of hydrogen-bond donors (Lipinski definition) is 1. The molecule has 2 aliphatic carbocycles. The summed E-state index contributed by atoms with van der Waals surface area (Å²) in [7, 11) is 0. The van der Waals surface area contributed by atoms with Gasteiger partial charge in [-0.1, -0.05) is 24.6 Å². The van der Waals surface area contributed by atoms with Crippen LogP contribution in [-0.2, 0) is 14.3 Å². The number of benzene rings is 1. The van der Waals surface area contributed by atoms with Crippen molar-refractivity contribution in [2.45, 2.75) is 70.3 Å². The topological polar surface area (TPSA) is 55.4 Å². The van der Waals surface area contributed by atoms with E-state index in [-0.39, 0.29) is 23.8 Å².